The third kappa shape index (κ3) is 2.94. The fourth-order valence-corrected chi connectivity index (χ4v) is 1.55. The molecule has 0 aliphatic rings. The predicted octanol–water partition coefficient (Wildman–Crippen LogP) is 2.66. The first-order valence-corrected chi connectivity index (χ1v) is 5.96. The Bertz CT molecular complexity index is 483. The lowest BCUT2D eigenvalue weighted by Gasteiger charge is -2.12. The molecule has 1 aromatic heterocycles. The second-order valence-corrected chi connectivity index (χ2v) is 3.90. The number of nitrogens with one attached hydrogen (secondary N) is 1. The number of aromatic nitrogens is 1. The largest absolute Gasteiger partial charge is 0.491 e. The van der Waals surface area contributed by atoms with Crippen LogP contribution in [0.25, 0.3) is 0 Å². The lowest BCUT2D eigenvalue weighted by Crippen LogP contribution is -2.04. The minimum atomic E-state index is 0.543. The maximum atomic E-state index is 6.03. The van der Waals surface area contributed by atoms with Gasteiger partial charge in [-0.25, -0.2) is 0 Å². The summed E-state index contributed by atoms with van der Waals surface area (Å²) >= 11 is 0. The van der Waals surface area contributed by atoms with Crippen LogP contribution in [0.3, 0.4) is 0 Å². The summed E-state index contributed by atoms with van der Waals surface area (Å²) < 4.78 is 10.6. The Hall–Kier alpha value is -2.17. The van der Waals surface area contributed by atoms with E-state index in [1.54, 1.807) is 12.3 Å². The number of rotatable bonds is 6. The molecule has 0 unspecified atom stereocenters. The third-order valence-corrected chi connectivity index (χ3v) is 2.47. The molecule has 0 radical (unpaired) electrons. The van der Waals surface area contributed by atoms with E-state index in [-0.39, 0.29) is 0 Å². The van der Waals surface area contributed by atoms with E-state index in [9.17, 15) is 0 Å². The highest BCUT2D eigenvalue weighted by Crippen LogP contribution is 2.29. The van der Waals surface area contributed by atoms with Crippen molar-refractivity contribution >= 4 is 11.4 Å². The van der Waals surface area contributed by atoms with E-state index >= 15 is 0 Å². The molecule has 0 aliphatic carbocycles. The molecule has 3 N–H and O–H groups in total. The Balaban J connectivity index is 2.03. The Kier molecular flexibility index (Phi) is 4.06. The molecule has 0 atom stereocenters. The molecular formula is C13H17N3O2. The molecule has 2 aromatic rings. The second-order valence-electron chi connectivity index (χ2n) is 3.90. The highest BCUT2D eigenvalue weighted by molar-refractivity contribution is 5.72. The van der Waals surface area contributed by atoms with Crippen LogP contribution < -0.4 is 15.8 Å². The lowest BCUT2D eigenvalue weighted by molar-refractivity contribution is 0.319. The summed E-state index contributed by atoms with van der Waals surface area (Å²) in [5.41, 5.74) is 7.48. The van der Waals surface area contributed by atoms with Gasteiger partial charge in [-0.05, 0) is 18.6 Å². The van der Waals surface area contributed by atoms with Gasteiger partial charge in [-0.1, -0.05) is 18.1 Å². The lowest BCUT2D eigenvalue weighted by atomic mass is 10.2. The van der Waals surface area contributed by atoms with Gasteiger partial charge in [-0.3, -0.25) is 0 Å². The normalized spacial score (nSPS) is 10.3. The van der Waals surface area contributed by atoms with Gasteiger partial charge in [0.25, 0.3) is 0 Å². The quantitative estimate of drug-likeness (QED) is 0.768. The number of nitrogen functional groups attached to an aromatic ring is 1. The molecule has 0 fully saturated rings. The topological polar surface area (TPSA) is 73.3 Å². The maximum Gasteiger partial charge on any atom is 0.155 e. The summed E-state index contributed by atoms with van der Waals surface area (Å²) in [4.78, 5) is 0. The summed E-state index contributed by atoms with van der Waals surface area (Å²) in [6.07, 6.45) is 2.57. The highest BCUT2D eigenvalue weighted by atomic mass is 16.5. The number of hydrogen-bond acceptors (Lipinski definition) is 5. The van der Waals surface area contributed by atoms with Gasteiger partial charge in [0.15, 0.2) is 5.76 Å². The van der Waals surface area contributed by atoms with Crippen LogP contribution in [0.15, 0.2) is 35.0 Å². The fourth-order valence-electron chi connectivity index (χ4n) is 1.55. The zero-order chi connectivity index (χ0) is 12.8. The maximum absolute atomic E-state index is 6.03. The zero-order valence-electron chi connectivity index (χ0n) is 10.3. The Morgan fingerprint density at radius 2 is 2.28 bits per heavy atom. The molecular weight excluding hydrogens is 230 g/mol. The summed E-state index contributed by atoms with van der Waals surface area (Å²) in [6, 6.07) is 7.49. The molecule has 18 heavy (non-hydrogen) atoms. The van der Waals surface area contributed by atoms with Crippen LogP contribution in [0.1, 0.15) is 19.1 Å². The van der Waals surface area contributed by atoms with Crippen LogP contribution in [0.4, 0.5) is 11.4 Å². The van der Waals surface area contributed by atoms with Crippen LogP contribution in [-0.2, 0) is 6.54 Å². The van der Waals surface area contributed by atoms with Gasteiger partial charge in [-0.2, -0.15) is 0 Å². The zero-order valence-corrected chi connectivity index (χ0v) is 10.3. The summed E-state index contributed by atoms with van der Waals surface area (Å²) in [6.45, 7) is 3.26. The average Bonchev–Trinajstić information content (AvgIpc) is 2.89. The highest BCUT2D eigenvalue weighted by Gasteiger charge is 2.06. The molecule has 0 saturated carbocycles. The average molecular weight is 247 g/mol. The Morgan fingerprint density at radius 1 is 1.39 bits per heavy atom. The number of para-hydroxylation sites is 1. The first kappa shape index (κ1) is 12.3. The summed E-state index contributed by atoms with van der Waals surface area (Å²) in [7, 11) is 0. The van der Waals surface area contributed by atoms with E-state index in [4.69, 9.17) is 15.0 Å². The number of hydrogen-bond donors (Lipinski definition) is 2. The van der Waals surface area contributed by atoms with Gasteiger partial charge in [0.1, 0.15) is 5.75 Å². The molecule has 0 bridgehead atoms. The van der Waals surface area contributed by atoms with Crippen molar-refractivity contribution in [3.8, 4) is 5.75 Å². The van der Waals surface area contributed by atoms with E-state index in [1.807, 2.05) is 18.2 Å². The standard InChI is InChI=1S/C13H17N3O2/c1-2-8-17-12-5-3-4-11(13(12)14)15-9-10-6-7-16-18-10/h3-7,15H,2,8-9,14H2,1H3. The third-order valence-electron chi connectivity index (χ3n) is 2.47. The van der Waals surface area contributed by atoms with E-state index < -0.39 is 0 Å². The van der Waals surface area contributed by atoms with Gasteiger partial charge in [0.05, 0.1) is 30.7 Å². The molecule has 0 saturated heterocycles. The molecule has 96 valence electrons. The number of nitrogens with two attached hydrogens (primary N) is 1. The molecule has 1 heterocycles. The van der Waals surface area contributed by atoms with Crippen molar-refractivity contribution in [1.29, 1.82) is 0 Å². The van der Waals surface area contributed by atoms with Crippen molar-refractivity contribution in [2.24, 2.45) is 0 Å². The number of ether oxygens (including phenoxy) is 1. The molecule has 5 heteroatoms. The van der Waals surface area contributed by atoms with Crippen LogP contribution in [0.5, 0.6) is 5.75 Å². The Labute approximate surface area is 106 Å². The van der Waals surface area contributed by atoms with Crippen LogP contribution in [0, 0.1) is 0 Å². The minimum absolute atomic E-state index is 0.543. The van der Waals surface area contributed by atoms with Gasteiger partial charge in [-0.15, -0.1) is 0 Å². The molecule has 0 spiro atoms. The first-order chi connectivity index (χ1) is 8.81. The first-order valence-electron chi connectivity index (χ1n) is 5.96. The minimum Gasteiger partial charge on any atom is -0.491 e. The molecule has 0 aliphatic heterocycles. The van der Waals surface area contributed by atoms with Gasteiger partial charge in [0.2, 0.25) is 0 Å². The van der Waals surface area contributed by atoms with E-state index in [1.165, 1.54) is 0 Å². The van der Waals surface area contributed by atoms with Crippen molar-refractivity contribution in [2.75, 3.05) is 17.7 Å². The van der Waals surface area contributed by atoms with Crippen LogP contribution >= 0.6 is 0 Å². The molecule has 0 amide bonds. The van der Waals surface area contributed by atoms with Crippen molar-refractivity contribution in [2.45, 2.75) is 19.9 Å². The van der Waals surface area contributed by atoms with Gasteiger partial charge >= 0.3 is 0 Å². The van der Waals surface area contributed by atoms with Crippen molar-refractivity contribution in [1.82, 2.24) is 5.16 Å². The predicted molar refractivity (Wildman–Crippen MR) is 70.5 cm³/mol. The smallest absolute Gasteiger partial charge is 0.155 e. The van der Waals surface area contributed by atoms with Crippen molar-refractivity contribution in [3.05, 3.63) is 36.2 Å². The Morgan fingerprint density at radius 3 is 3.00 bits per heavy atom. The van der Waals surface area contributed by atoms with E-state index in [2.05, 4.69) is 17.4 Å². The number of anilines is 2. The molecule has 5 nitrogen and oxygen atoms in total. The SMILES string of the molecule is CCCOc1cccc(NCc2ccno2)c1N. The molecule has 2 rings (SSSR count). The van der Waals surface area contributed by atoms with Crippen molar-refractivity contribution in [3.63, 3.8) is 0 Å². The van der Waals surface area contributed by atoms with Crippen LogP contribution in [0.2, 0.25) is 0 Å². The van der Waals surface area contributed by atoms with Crippen molar-refractivity contribution < 1.29 is 9.26 Å². The second kappa shape index (κ2) is 5.95. The van der Waals surface area contributed by atoms with Gasteiger partial charge in [0, 0.05) is 6.07 Å². The van der Waals surface area contributed by atoms with E-state index in [0.29, 0.717) is 24.6 Å². The number of nitrogens with zero attached hydrogens (tertiary/aromatic N) is 1. The summed E-state index contributed by atoms with van der Waals surface area (Å²) in [5.74, 6) is 1.47. The molecule has 1 aromatic carbocycles. The number of benzene rings is 1. The summed E-state index contributed by atoms with van der Waals surface area (Å²) in [5, 5.41) is 6.84. The monoisotopic (exact) mass is 247 g/mol. The van der Waals surface area contributed by atoms with E-state index in [0.717, 1.165) is 17.9 Å². The van der Waals surface area contributed by atoms with Crippen LogP contribution in [-0.4, -0.2) is 11.8 Å². The van der Waals surface area contributed by atoms with Gasteiger partial charge < -0.3 is 20.3 Å². The fraction of sp³-hybridized carbons (Fsp3) is 0.308.